The number of aromatic nitrogens is 2. The Labute approximate surface area is 109 Å². The molecule has 0 saturated carbocycles. The number of anilines is 1. The minimum absolute atomic E-state index is 0.286. The normalized spacial score (nSPS) is 11.0. The molecule has 0 saturated heterocycles. The second kappa shape index (κ2) is 7.26. The summed E-state index contributed by atoms with van der Waals surface area (Å²) >= 11 is 0. The third-order valence-electron chi connectivity index (χ3n) is 2.79. The predicted molar refractivity (Wildman–Crippen MR) is 72.4 cm³/mol. The van der Waals surface area contributed by atoms with Gasteiger partial charge in [0.1, 0.15) is 6.33 Å². The monoisotopic (exact) mass is 254 g/mol. The third-order valence-corrected chi connectivity index (χ3v) is 2.79. The highest BCUT2D eigenvalue weighted by molar-refractivity contribution is 5.40. The predicted octanol–water partition coefficient (Wildman–Crippen LogP) is 2.00. The van der Waals surface area contributed by atoms with Gasteiger partial charge in [-0.3, -0.25) is 0 Å². The SMILES string of the molecule is CCc1ncnc(N(CC)CCNC(C)C)c1F. The van der Waals surface area contributed by atoms with E-state index in [1.165, 1.54) is 6.33 Å². The maximum Gasteiger partial charge on any atom is 0.187 e. The molecule has 0 amide bonds. The van der Waals surface area contributed by atoms with E-state index in [1.807, 2.05) is 18.7 Å². The lowest BCUT2D eigenvalue weighted by Crippen LogP contribution is -2.36. The van der Waals surface area contributed by atoms with E-state index in [0.29, 0.717) is 24.0 Å². The van der Waals surface area contributed by atoms with Gasteiger partial charge in [-0.2, -0.15) is 0 Å². The summed E-state index contributed by atoms with van der Waals surface area (Å²) in [6.07, 6.45) is 2.03. The summed E-state index contributed by atoms with van der Waals surface area (Å²) in [5.74, 6) is 0.126. The molecule has 0 fully saturated rings. The summed E-state index contributed by atoms with van der Waals surface area (Å²) in [4.78, 5) is 9.96. The van der Waals surface area contributed by atoms with Gasteiger partial charge >= 0.3 is 0 Å². The van der Waals surface area contributed by atoms with Crippen LogP contribution in [0.25, 0.3) is 0 Å². The fourth-order valence-electron chi connectivity index (χ4n) is 1.76. The molecule has 1 aromatic heterocycles. The highest BCUT2D eigenvalue weighted by Gasteiger charge is 2.15. The number of hydrogen-bond donors (Lipinski definition) is 1. The summed E-state index contributed by atoms with van der Waals surface area (Å²) in [5, 5.41) is 3.32. The average Bonchev–Trinajstić information content (AvgIpc) is 2.35. The van der Waals surface area contributed by atoms with Crippen LogP contribution in [0.15, 0.2) is 6.33 Å². The van der Waals surface area contributed by atoms with Gasteiger partial charge < -0.3 is 10.2 Å². The molecular formula is C13H23FN4. The third kappa shape index (κ3) is 3.91. The molecule has 0 radical (unpaired) electrons. The topological polar surface area (TPSA) is 41.1 Å². The first kappa shape index (κ1) is 14.8. The lowest BCUT2D eigenvalue weighted by molar-refractivity contribution is 0.561. The summed E-state index contributed by atoms with van der Waals surface area (Å²) < 4.78 is 14.1. The van der Waals surface area contributed by atoms with Crippen LogP contribution in [0.3, 0.4) is 0 Å². The fraction of sp³-hybridized carbons (Fsp3) is 0.692. The minimum atomic E-state index is -0.286. The van der Waals surface area contributed by atoms with Crippen molar-refractivity contribution in [2.24, 2.45) is 0 Å². The average molecular weight is 254 g/mol. The van der Waals surface area contributed by atoms with Crippen LogP contribution in [-0.2, 0) is 6.42 Å². The fourth-order valence-corrected chi connectivity index (χ4v) is 1.76. The Morgan fingerprint density at radius 2 is 2.06 bits per heavy atom. The van der Waals surface area contributed by atoms with Gasteiger partial charge in [-0.05, 0) is 13.3 Å². The zero-order valence-corrected chi connectivity index (χ0v) is 11.7. The number of nitrogens with one attached hydrogen (secondary N) is 1. The van der Waals surface area contributed by atoms with Gasteiger partial charge in [-0.15, -0.1) is 0 Å². The van der Waals surface area contributed by atoms with Crippen LogP contribution < -0.4 is 10.2 Å². The molecule has 0 atom stereocenters. The standard InChI is InChI=1S/C13H23FN4/c1-5-11-12(14)13(17-9-16-11)18(6-2)8-7-15-10(3)4/h9-10,15H,5-8H2,1-4H3. The van der Waals surface area contributed by atoms with Gasteiger partial charge in [0.05, 0.1) is 5.69 Å². The molecule has 1 heterocycles. The molecule has 0 aromatic carbocycles. The van der Waals surface area contributed by atoms with Crippen LogP contribution >= 0.6 is 0 Å². The molecule has 102 valence electrons. The van der Waals surface area contributed by atoms with E-state index < -0.39 is 0 Å². The quantitative estimate of drug-likeness (QED) is 0.808. The highest BCUT2D eigenvalue weighted by atomic mass is 19.1. The molecule has 0 unspecified atom stereocenters. The second-order valence-corrected chi connectivity index (χ2v) is 4.50. The lowest BCUT2D eigenvalue weighted by atomic mass is 10.3. The van der Waals surface area contributed by atoms with Crippen molar-refractivity contribution >= 4 is 5.82 Å². The van der Waals surface area contributed by atoms with E-state index in [0.717, 1.165) is 19.6 Å². The zero-order valence-electron chi connectivity index (χ0n) is 11.7. The smallest absolute Gasteiger partial charge is 0.187 e. The molecule has 0 spiro atoms. The van der Waals surface area contributed by atoms with Crippen LogP contribution in [0.4, 0.5) is 10.2 Å². The van der Waals surface area contributed by atoms with Crippen molar-refractivity contribution in [3.05, 3.63) is 17.8 Å². The van der Waals surface area contributed by atoms with Gasteiger partial charge in [-0.1, -0.05) is 20.8 Å². The van der Waals surface area contributed by atoms with E-state index in [1.54, 1.807) is 0 Å². The molecule has 1 N–H and O–H groups in total. The number of halogens is 1. The Bertz CT molecular complexity index is 368. The van der Waals surface area contributed by atoms with Crippen LogP contribution in [0.5, 0.6) is 0 Å². The second-order valence-electron chi connectivity index (χ2n) is 4.50. The van der Waals surface area contributed by atoms with Gasteiger partial charge in [0.25, 0.3) is 0 Å². The Kier molecular flexibility index (Phi) is 5.98. The summed E-state index contributed by atoms with van der Waals surface area (Å²) in [6, 6.07) is 0.435. The largest absolute Gasteiger partial charge is 0.353 e. The first-order chi connectivity index (χ1) is 8.60. The van der Waals surface area contributed by atoms with E-state index >= 15 is 0 Å². The maximum atomic E-state index is 14.1. The van der Waals surface area contributed by atoms with E-state index in [9.17, 15) is 4.39 Å². The van der Waals surface area contributed by atoms with Gasteiger partial charge in [0.15, 0.2) is 11.6 Å². The van der Waals surface area contributed by atoms with Crippen LogP contribution in [0.2, 0.25) is 0 Å². The van der Waals surface area contributed by atoms with Crippen molar-refractivity contribution in [1.82, 2.24) is 15.3 Å². The van der Waals surface area contributed by atoms with Gasteiger partial charge in [0, 0.05) is 25.7 Å². The first-order valence-corrected chi connectivity index (χ1v) is 6.57. The Morgan fingerprint density at radius 3 is 2.61 bits per heavy atom. The lowest BCUT2D eigenvalue weighted by Gasteiger charge is -2.23. The molecule has 18 heavy (non-hydrogen) atoms. The maximum absolute atomic E-state index is 14.1. The van der Waals surface area contributed by atoms with Crippen molar-refractivity contribution in [3.63, 3.8) is 0 Å². The van der Waals surface area contributed by atoms with Crippen molar-refractivity contribution in [1.29, 1.82) is 0 Å². The first-order valence-electron chi connectivity index (χ1n) is 6.57. The Hall–Kier alpha value is -1.23. The number of rotatable bonds is 7. The molecular weight excluding hydrogens is 231 g/mol. The molecule has 1 aromatic rings. The van der Waals surface area contributed by atoms with Crippen LogP contribution in [0.1, 0.15) is 33.4 Å². The number of aryl methyl sites for hydroxylation is 1. The van der Waals surface area contributed by atoms with Crippen LogP contribution in [0, 0.1) is 5.82 Å². The van der Waals surface area contributed by atoms with E-state index in [-0.39, 0.29) is 5.82 Å². The summed E-state index contributed by atoms with van der Waals surface area (Å²) in [6.45, 7) is 10.4. The van der Waals surface area contributed by atoms with Gasteiger partial charge in [0.2, 0.25) is 0 Å². The minimum Gasteiger partial charge on any atom is -0.353 e. The Morgan fingerprint density at radius 1 is 1.33 bits per heavy atom. The molecule has 1 rings (SSSR count). The van der Waals surface area contributed by atoms with Crippen LogP contribution in [-0.4, -0.2) is 35.6 Å². The molecule has 4 nitrogen and oxygen atoms in total. The van der Waals surface area contributed by atoms with E-state index in [2.05, 4.69) is 29.1 Å². The molecule has 0 bridgehead atoms. The highest BCUT2D eigenvalue weighted by Crippen LogP contribution is 2.17. The van der Waals surface area contributed by atoms with Crippen molar-refractivity contribution < 1.29 is 4.39 Å². The van der Waals surface area contributed by atoms with Crippen molar-refractivity contribution in [2.75, 3.05) is 24.5 Å². The van der Waals surface area contributed by atoms with E-state index in [4.69, 9.17) is 0 Å². The number of nitrogens with zero attached hydrogens (tertiary/aromatic N) is 3. The van der Waals surface area contributed by atoms with Crippen molar-refractivity contribution in [3.8, 4) is 0 Å². The number of hydrogen-bond acceptors (Lipinski definition) is 4. The molecule has 5 heteroatoms. The Balaban J connectivity index is 2.75. The zero-order chi connectivity index (χ0) is 13.5. The van der Waals surface area contributed by atoms with Gasteiger partial charge in [-0.25, -0.2) is 14.4 Å². The van der Waals surface area contributed by atoms with Crippen molar-refractivity contribution in [2.45, 2.75) is 40.2 Å². The summed E-state index contributed by atoms with van der Waals surface area (Å²) in [7, 11) is 0. The molecule has 0 aliphatic rings. The number of likely N-dealkylation sites (N-methyl/N-ethyl adjacent to an activating group) is 1. The molecule has 0 aliphatic carbocycles. The molecule has 0 aliphatic heterocycles. The summed E-state index contributed by atoms with van der Waals surface area (Å²) in [5.41, 5.74) is 0.482.